The van der Waals surface area contributed by atoms with Gasteiger partial charge in [0.25, 0.3) is 0 Å². The van der Waals surface area contributed by atoms with Crippen molar-refractivity contribution in [3.05, 3.63) is 24.0 Å². The fourth-order valence-electron chi connectivity index (χ4n) is 4.47. The first-order valence-electron chi connectivity index (χ1n) is 10.2. The minimum absolute atomic E-state index is 0. The zero-order valence-electron chi connectivity index (χ0n) is 16.4. The first kappa shape index (κ1) is 22.2. The largest absolute Gasteiger partial charge is 0.433 e. The summed E-state index contributed by atoms with van der Waals surface area (Å²) in [5.41, 5.74) is -0.237. The number of nitrogens with zero attached hydrogens (tertiary/aromatic N) is 4. The number of hydrogen-bond acceptors (Lipinski definition) is 4. The molecule has 162 valence electrons. The Bertz CT molecular complexity index is 696. The molecular formula is C20H28ClF3N4O. The van der Waals surface area contributed by atoms with Gasteiger partial charge in [0, 0.05) is 45.3 Å². The number of anilines is 1. The minimum atomic E-state index is -4.43. The monoisotopic (exact) mass is 432 g/mol. The van der Waals surface area contributed by atoms with Crippen molar-refractivity contribution in [1.29, 1.82) is 0 Å². The predicted octanol–water partition coefficient (Wildman–Crippen LogP) is 3.44. The molecule has 1 atom stereocenters. The van der Waals surface area contributed by atoms with Gasteiger partial charge in [0.2, 0.25) is 5.91 Å². The standard InChI is InChI=1S/C20H27F3N4O.ClH/c21-20(22,23)18-6-5-17(13-24-18)27-10-7-15(14-27)19(28)26-9-2-8-25(11-12-26)16-3-1-4-16;/h5-6,13,15-16H,1-4,7-12,14H2;1H/t15-;/m0./s1. The van der Waals surface area contributed by atoms with Crippen LogP contribution in [0, 0.1) is 5.92 Å². The van der Waals surface area contributed by atoms with E-state index in [1.54, 1.807) is 0 Å². The van der Waals surface area contributed by atoms with Gasteiger partial charge in [0.1, 0.15) is 5.69 Å². The van der Waals surface area contributed by atoms with E-state index in [1.807, 2.05) is 9.80 Å². The van der Waals surface area contributed by atoms with Crippen LogP contribution in [-0.4, -0.2) is 66.0 Å². The number of pyridine rings is 1. The van der Waals surface area contributed by atoms with Gasteiger partial charge >= 0.3 is 6.18 Å². The molecule has 3 fully saturated rings. The minimum Gasteiger partial charge on any atom is -0.369 e. The average molecular weight is 433 g/mol. The molecule has 29 heavy (non-hydrogen) atoms. The number of halogens is 4. The molecule has 0 spiro atoms. The number of carbonyl (C=O) groups excluding carboxylic acids is 1. The summed E-state index contributed by atoms with van der Waals surface area (Å²) >= 11 is 0. The van der Waals surface area contributed by atoms with Gasteiger partial charge < -0.3 is 9.80 Å². The Morgan fingerprint density at radius 2 is 1.79 bits per heavy atom. The number of hydrogen-bond donors (Lipinski definition) is 0. The van der Waals surface area contributed by atoms with Crippen molar-refractivity contribution >= 4 is 24.0 Å². The van der Waals surface area contributed by atoms with E-state index in [2.05, 4.69) is 9.88 Å². The van der Waals surface area contributed by atoms with E-state index in [-0.39, 0.29) is 24.2 Å². The van der Waals surface area contributed by atoms with Crippen LogP contribution in [0.4, 0.5) is 18.9 Å². The lowest BCUT2D eigenvalue weighted by atomic mass is 9.91. The van der Waals surface area contributed by atoms with E-state index >= 15 is 0 Å². The molecule has 5 nitrogen and oxygen atoms in total. The molecule has 1 aliphatic carbocycles. The molecule has 1 aromatic rings. The van der Waals surface area contributed by atoms with Gasteiger partial charge in [-0.05, 0) is 37.8 Å². The van der Waals surface area contributed by atoms with E-state index < -0.39 is 11.9 Å². The van der Waals surface area contributed by atoms with Crippen molar-refractivity contribution in [2.45, 2.75) is 44.3 Å². The third kappa shape index (κ3) is 4.97. The highest BCUT2D eigenvalue weighted by Gasteiger charge is 2.35. The van der Waals surface area contributed by atoms with Crippen LogP contribution in [0.25, 0.3) is 0 Å². The summed E-state index contributed by atoms with van der Waals surface area (Å²) in [6.45, 7) is 4.84. The Hall–Kier alpha value is -1.54. The third-order valence-electron chi connectivity index (χ3n) is 6.37. The second-order valence-corrected chi connectivity index (χ2v) is 8.13. The molecule has 0 aromatic carbocycles. The lowest BCUT2D eigenvalue weighted by Crippen LogP contribution is -2.43. The van der Waals surface area contributed by atoms with Crippen molar-refractivity contribution in [2.24, 2.45) is 5.92 Å². The smallest absolute Gasteiger partial charge is 0.369 e. The molecule has 0 N–H and O–H groups in total. The summed E-state index contributed by atoms with van der Waals surface area (Å²) < 4.78 is 38.0. The Morgan fingerprint density at radius 3 is 2.41 bits per heavy atom. The molecule has 0 bridgehead atoms. The van der Waals surface area contributed by atoms with Gasteiger partial charge in [-0.2, -0.15) is 13.2 Å². The maximum Gasteiger partial charge on any atom is 0.433 e. The van der Waals surface area contributed by atoms with Crippen LogP contribution in [0.2, 0.25) is 0 Å². The Labute approximate surface area is 175 Å². The molecule has 2 aliphatic heterocycles. The molecule has 0 radical (unpaired) electrons. The third-order valence-corrected chi connectivity index (χ3v) is 6.37. The second-order valence-electron chi connectivity index (χ2n) is 8.13. The number of carbonyl (C=O) groups is 1. The van der Waals surface area contributed by atoms with E-state index in [0.29, 0.717) is 24.8 Å². The van der Waals surface area contributed by atoms with Gasteiger partial charge in [-0.25, -0.2) is 4.98 Å². The van der Waals surface area contributed by atoms with Crippen LogP contribution < -0.4 is 4.90 Å². The summed E-state index contributed by atoms with van der Waals surface area (Å²) in [5, 5.41) is 0. The van der Waals surface area contributed by atoms with Gasteiger partial charge in [0.05, 0.1) is 17.8 Å². The average Bonchev–Trinajstić information content (AvgIpc) is 3.00. The van der Waals surface area contributed by atoms with Crippen LogP contribution in [0.3, 0.4) is 0 Å². The highest BCUT2D eigenvalue weighted by atomic mass is 35.5. The van der Waals surface area contributed by atoms with Gasteiger partial charge in [0.15, 0.2) is 0 Å². The lowest BCUT2D eigenvalue weighted by molar-refractivity contribution is -0.141. The SMILES string of the molecule is Cl.O=C([C@H]1CCN(c2ccc(C(F)(F)F)nc2)C1)N1CCCN(C2CCC2)CC1. The highest BCUT2D eigenvalue weighted by molar-refractivity contribution is 5.85. The van der Waals surface area contributed by atoms with Crippen molar-refractivity contribution in [2.75, 3.05) is 44.2 Å². The molecule has 1 saturated carbocycles. The van der Waals surface area contributed by atoms with E-state index in [0.717, 1.165) is 45.1 Å². The van der Waals surface area contributed by atoms with Gasteiger partial charge in [-0.15, -0.1) is 12.4 Å². The molecule has 0 unspecified atom stereocenters. The van der Waals surface area contributed by atoms with Crippen molar-refractivity contribution in [3.8, 4) is 0 Å². The van der Waals surface area contributed by atoms with Crippen LogP contribution in [0.15, 0.2) is 18.3 Å². The summed E-state index contributed by atoms with van der Waals surface area (Å²) in [6.07, 6.45) is 2.48. The summed E-state index contributed by atoms with van der Waals surface area (Å²) in [5.74, 6) is 0.107. The normalized spacial score (nSPS) is 24.0. The zero-order chi connectivity index (χ0) is 19.7. The first-order valence-corrected chi connectivity index (χ1v) is 10.2. The van der Waals surface area contributed by atoms with Crippen molar-refractivity contribution in [3.63, 3.8) is 0 Å². The maximum absolute atomic E-state index is 13.0. The first-order chi connectivity index (χ1) is 13.4. The molecule has 4 rings (SSSR count). The van der Waals surface area contributed by atoms with Crippen LogP contribution in [0.5, 0.6) is 0 Å². The lowest BCUT2D eigenvalue weighted by Gasteiger charge is -2.36. The van der Waals surface area contributed by atoms with E-state index in [9.17, 15) is 18.0 Å². The van der Waals surface area contributed by atoms with E-state index in [4.69, 9.17) is 0 Å². The summed E-state index contributed by atoms with van der Waals surface area (Å²) in [4.78, 5) is 23.0. The van der Waals surface area contributed by atoms with Gasteiger partial charge in [-0.1, -0.05) is 6.42 Å². The summed E-state index contributed by atoms with van der Waals surface area (Å²) in [6, 6.07) is 3.17. The number of amides is 1. The fourth-order valence-corrected chi connectivity index (χ4v) is 4.47. The Balaban J connectivity index is 0.00000240. The fraction of sp³-hybridized carbons (Fsp3) is 0.700. The quantitative estimate of drug-likeness (QED) is 0.733. The van der Waals surface area contributed by atoms with Gasteiger partial charge in [-0.3, -0.25) is 9.69 Å². The van der Waals surface area contributed by atoms with Crippen LogP contribution in [-0.2, 0) is 11.0 Å². The molecular weight excluding hydrogens is 405 g/mol. The van der Waals surface area contributed by atoms with Crippen molar-refractivity contribution < 1.29 is 18.0 Å². The van der Waals surface area contributed by atoms with Crippen LogP contribution >= 0.6 is 12.4 Å². The highest BCUT2D eigenvalue weighted by Crippen LogP contribution is 2.31. The predicted molar refractivity (Wildman–Crippen MR) is 107 cm³/mol. The molecule has 1 amide bonds. The molecule has 9 heteroatoms. The Kier molecular flexibility index (Phi) is 6.94. The second kappa shape index (κ2) is 9.08. The molecule has 3 aliphatic rings. The van der Waals surface area contributed by atoms with E-state index in [1.165, 1.54) is 31.5 Å². The molecule has 3 heterocycles. The van der Waals surface area contributed by atoms with Crippen molar-refractivity contribution in [1.82, 2.24) is 14.8 Å². The number of aromatic nitrogens is 1. The topological polar surface area (TPSA) is 39.7 Å². The number of alkyl halides is 3. The van der Waals surface area contributed by atoms with Crippen LogP contribution in [0.1, 0.15) is 37.8 Å². The maximum atomic E-state index is 13.0. The summed E-state index contributed by atoms with van der Waals surface area (Å²) in [7, 11) is 0. The molecule has 1 aromatic heterocycles. The molecule has 2 saturated heterocycles. The Morgan fingerprint density at radius 1 is 1.00 bits per heavy atom. The zero-order valence-corrected chi connectivity index (χ0v) is 17.2. The number of rotatable bonds is 3.